The van der Waals surface area contributed by atoms with Crippen LogP contribution in [-0.2, 0) is 17.7 Å². The van der Waals surface area contributed by atoms with E-state index in [9.17, 15) is 9.59 Å². The molecule has 1 aliphatic rings. The van der Waals surface area contributed by atoms with Crippen LogP contribution in [0.1, 0.15) is 21.5 Å². The van der Waals surface area contributed by atoms with Crippen molar-refractivity contribution in [2.24, 2.45) is 0 Å². The van der Waals surface area contributed by atoms with Gasteiger partial charge in [-0.1, -0.05) is 0 Å². The van der Waals surface area contributed by atoms with Gasteiger partial charge in [-0.15, -0.1) is 0 Å². The molecule has 0 unspecified atom stereocenters. The van der Waals surface area contributed by atoms with Crippen molar-refractivity contribution in [3.8, 4) is 0 Å². The van der Waals surface area contributed by atoms with Gasteiger partial charge in [0, 0.05) is 24.6 Å². The molecule has 1 aliphatic heterocycles. The molecular formula is C18H16N4O4. The van der Waals surface area contributed by atoms with E-state index in [-0.39, 0.29) is 12.0 Å². The lowest BCUT2D eigenvalue weighted by atomic mass is 9.97. The third kappa shape index (κ3) is 2.85. The summed E-state index contributed by atoms with van der Waals surface area (Å²) in [6, 6.07) is 5.26. The molecule has 0 bridgehead atoms. The van der Waals surface area contributed by atoms with Crippen molar-refractivity contribution in [3.05, 3.63) is 53.7 Å². The van der Waals surface area contributed by atoms with E-state index in [2.05, 4.69) is 15.3 Å². The maximum Gasteiger partial charge on any atom is 0.409 e. The van der Waals surface area contributed by atoms with Gasteiger partial charge in [0.15, 0.2) is 12.0 Å². The number of nitrogens with one attached hydrogen (secondary N) is 1. The Bertz CT molecular complexity index is 998. The van der Waals surface area contributed by atoms with Gasteiger partial charge in [-0.25, -0.2) is 9.78 Å². The second-order valence-corrected chi connectivity index (χ2v) is 5.96. The number of ether oxygens (including phenoxy) is 1. The van der Waals surface area contributed by atoms with E-state index in [0.717, 1.165) is 11.1 Å². The van der Waals surface area contributed by atoms with Crippen LogP contribution >= 0.6 is 0 Å². The highest BCUT2D eigenvalue weighted by molar-refractivity contribution is 6.06. The van der Waals surface area contributed by atoms with Gasteiger partial charge in [-0.05, 0) is 35.7 Å². The van der Waals surface area contributed by atoms with Gasteiger partial charge in [-0.3, -0.25) is 9.78 Å². The number of hydrogen-bond donors (Lipinski definition) is 1. The Kier molecular flexibility index (Phi) is 4.00. The lowest BCUT2D eigenvalue weighted by Gasteiger charge is -2.28. The first-order chi connectivity index (χ1) is 12.7. The van der Waals surface area contributed by atoms with Gasteiger partial charge in [0.05, 0.1) is 19.2 Å². The fourth-order valence-corrected chi connectivity index (χ4v) is 3.11. The lowest BCUT2D eigenvalue weighted by Crippen LogP contribution is -2.36. The molecule has 132 valence electrons. The summed E-state index contributed by atoms with van der Waals surface area (Å²) in [5.41, 5.74) is 4.21. The summed E-state index contributed by atoms with van der Waals surface area (Å²) in [5, 5.41) is 2.87. The van der Waals surface area contributed by atoms with E-state index in [1.165, 1.54) is 13.5 Å². The summed E-state index contributed by atoms with van der Waals surface area (Å²) in [4.78, 5) is 34.3. The predicted molar refractivity (Wildman–Crippen MR) is 92.7 cm³/mol. The average Bonchev–Trinajstić information content (AvgIpc) is 3.14. The molecule has 0 fully saturated rings. The summed E-state index contributed by atoms with van der Waals surface area (Å²) in [7, 11) is 1.35. The van der Waals surface area contributed by atoms with E-state index < -0.39 is 0 Å². The normalized spacial score (nSPS) is 13.3. The zero-order valence-electron chi connectivity index (χ0n) is 14.1. The minimum Gasteiger partial charge on any atom is -0.453 e. The molecule has 8 heteroatoms. The monoisotopic (exact) mass is 352 g/mol. The van der Waals surface area contributed by atoms with Crippen LogP contribution in [0.5, 0.6) is 0 Å². The van der Waals surface area contributed by atoms with E-state index in [1.807, 2.05) is 0 Å². The number of pyridine rings is 1. The molecule has 0 saturated heterocycles. The number of aromatic nitrogens is 2. The van der Waals surface area contributed by atoms with E-state index in [0.29, 0.717) is 41.9 Å². The standard InChI is InChI=1S/C18H16N4O4/c1-25-18(24)22-5-4-13-11(9-22)7-19-8-14(13)17(23)21-12-2-3-16-15(6-12)20-10-26-16/h2-3,6-8,10H,4-5,9H2,1H3,(H,21,23). The fourth-order valence-electron chi connectivity index (χ4n) is 3.11. The number of carbonyl (C=O) groups excluding carboxylic acids is 2. The predicted octanol–water partition coefficient (Wildman–Crippen LogP) is 2.60. The zero-order chi connectivity index (χ0) is 18.1. The van der Waals surface area contributed by atoms with Crippen molar-refractivity contribution in [2.45, 2.75) is 13.0 Å². The quantitative estimate of drug-likeness (QED) is 0.761. The summed E-state index contributed by atoms with van der Waals surface area (Å²) < 4.78 is 9.96. The number of oxazole rings is 1. The lowest BCUT2D eigenvalue weighted by molar-refractivity contribution is 0.102. The fraction of sp³-hybridized carbons (Fsp3) is 0.222. The molecule has 8 nitrogen and oxygen atoms in total. The molecule has 26 heavy (non-hydrogen) atoms. The van der Waals surface area contributed by atoms with Crippen molar-refractivity contribution >= 4 is 28.8 Å². The molecule has 3 aromatic rings. The van der Waals surface area contributed by atoms with Gasteiger partial charge in [0.2, 0.25) is 0 Å². The topological polar surface area (TPSA) is 97.6 Å². The van der Waals surface area contributed by atoms with Crippen LogP contribution in [0.2, 0.25) is 0 Å². The van der Waals surface area contributed by atoms with Crippen LogP contribution in [0.15, 0.2) is 41.4 Å². The summed E-state index contributed by atoms with van der Waals surface area (Å²) in [6.45, 7) is 0.871. The summed E-state index contributed by atoms with van der Waals surface area (Å²) in [5.74, 6) is -0.247. The second kappa shape index (κ2) is 6.47. The number of anilines is 1. The van der Waals surface area contributed by atoms with Crippen LogP contribution in [0.25, 0.3) is 11.1 Å². The SMILES string of the molecule is COC(=O)N1CCc2c(cncc2C(=O)Nc2ccc3ocnc3c2)C1. The second-order valence-electron chi connectivity index (χ2n) is 5.96. The van der Waals surface area contributed by atoms with Crippen molar-refractivity contribution in [1.29, 1.82) is 0 Å². The van der Waals surface area contributed by atoms with Crippen LogP contribution in [-0.4, -0.2) is 40.5 Å². The van der Waals surface area contributed by atoms with Gasteiger partial charge in [0.25, 0.3) is 5.91 Å². The summed E-state index contributed by atoms with van der Waals surface area (Å²) >= 11 is 0. The number of benzene rings is 1. The maximum absolute atomic E-state index is 12.7. The van der Waals surface area contributed by atoms with E-state index in [1.54, 1.807) is 35.5 Å². The molecule has 1 N–H and O–H groups in total. The van der Waals surface area contributed by atoms with Crippen molar-refractivity contribution < 1.29 is 18.7 Å². The van der Waals surface area contributed by atoms with Gasteiger partial charge in [0.1, 0.15) is 5.52 Å². The van der Waals surface area contributed by atoms with Gasteiger partial charge < -0.3 is 19.4 Å². The minimum atomic E-state index is -0.383. The molecule has 2 amide bonds. The molecule has 3 heterocycles. The maximum atomic E-state index is 12.7. The highest BCUT2D eigenvalue weighted by Gasteiger charge is 2.25. The largest absolute Gasteiger partial charge is 0.453 e. The first-order valence-electron chi connectivity index (χ1n) is 8.09. The summed E-state index contributed by atoms with van der Waals surface area (Å²) in [6.07, 6.45) is 4.78. The highest BCUT2D eigenvalue weighted by atomic mass is 16.5. The average molecular weight is 352 g/mol. The van der Waals surface area contributed by atoms with Crippen molar-refractivity contribution in [1.82, 2.24) is 14.9 Å². The van der Waals surface area contributed by atoms with Crippen LogP contribution < -0.4 is 5.32 Å². The first-order valence-corrected chi connectivity index (χ1v) is 8.09. The molecule has 4 rings (SSSR count). The molecule has 0 spiro atoms. The smallest absolute Gasteiger partial charge is 0.409 e. The third-order valence-electron chi connectivity index (χ3n) is 4.41. The number of fused-ring (bicyclic) bond motifs is 2. The van der Waals surface area contributed by atoms with Crippen molar-refractivity contribution in [3.63, 3.8) is 0 Å². The number of amides is 2. The molecule has 0 atom stereocenters. The Labute approximate surface area is 148 Å². The number of carbonyl (C=O) groups is 2. The van der Waals surface area contributed by atoms with Crippen LogP contribution in [0.4, 0.5) is 10.5 Å². The van der Waals surface area contributed by atoms with Crippen molar-refractivity contribution in [2.75, 3.05) is 19.0 Å². The van der Waals surface area contributed by atoms with Gasteiger partial charge in [-0.2, -0.15) is 0 Å². The van der Waals surface area contributed by atoms with Crippen LogP contribution in [0, 0.1) is 0 Å². The number of methoxy groups -OCH3 is 1. The number of hydrogen-bond acceptors (Lipinski definition) is 6. The van der Waals surface area contributed by atoms with E-state index >= 15 is 0 Å². The number of rotatable bonds is 2. The third-order valence-corrected chi connectivity index (χ3v) is 4.41. The Morgan fingerprint density at radius 3 is 3.04 bits per heavy atom. The van der Waals surface area contributed by atoms with Gasteiger partial charge >= 0.3 is 6.09 Å². The number of nitrogens with zero attached hydrogens (tertiary/aromatic N) is 3. The molecule has 0 radical (unpaired) electrons. The Morgan fingerprint density at radius 2 is 2.19 bits per heavy atom. The highest BCUT2D eigenvalue weighted by Crippen LogP contribution is 2.24. The Balaban J connectivity index is 1.58. The molecule has 1 aromatic carbocycles. The molecular weight excluding hydrogens is 336 g/mol. The first kappa shape index (κ1) is 16.1. The Hall–Kier alpha value is -3.42. The zero-order valence-corrected chi connectivity index (χ0v) is 14.1. The van der Waals surface area contributed by atoms with Crippen LogP contribution in [0.3, 0.4) is 0 Å². The molecule has 0 saturated carbocycles. The molecule has 2 aromatic heterocycles. The van der Waals surface area contributed by atoms with E-state index in [4.69, 9.17) is 9.15 Å². The molecule has 0 aliphatic carbocycles. The Morgan fingerprint density at radius 1 is 1.31 bits per heavy atom. The minimum absolute atomic E-state index is 0.247.